The lowest BCUT2D eigenvalue weighted by molar-refractivity contribution is 0.0895. The molecule has 2 nitrogen and oxygen atoms in total. The summed E-state index contributed by atoms with van der Waals surface area (Å²) in [6.07, 6.45) is 2.21. The number of nitrogens with one attached hydrogen (secondary N) is 1. The Bertz CT molecular complexity index is 372. The molecule has 0 heterocycles. The standard InChI is InChI=1S/C12H14BrNO/c1-8-6-9(7-8)14-12(15)10-4-2-3-5-11(10)13/h2-5,8-9H,6-7H2,1H3,(H,14,15). The summed E-state index contributed by atoms with van der Waals surface area (Å²) in [7, 11) is 0. The molecule has 1 aliphatic rings. The molecule has 0 saturated heterocycles. The second kappa shape index (κ2) is 4.35. The fourth-order valence-corrected chi connectivity index (χ4v) is 2.39. The predicted octanol–water partition coefficient (Wildman–Crippen LogP) is 2.98. The van der Waals surface area contributed by atoms with Crippen molar-refractivity contribution >= 4 is 21.8 Å². The Morgan fingerprint density at radius 1 is 1.40 bits per heavy atom. The third-order valence-corrected chi connectivity index (χ3v) is 3.52. The van der Waals surface area contributed by atoms with E-state index in [0.717, 1.165) is 28.8 Å². The van der Waals surface area contributed by atoms with Gasteiger partial charge in [0, 0.05) is 10.5 Å². The van der Waals surface area contributed by atoms with Gasteiger partial charge in [-0.1, -0.05) is 19.1 Å². The maximum absolute atomic E-state index is 11.8. The maximum Gasteiger partial charge on any atom is 0.252 e. The van der Waals surface area contributed by atoms with Crippen LogP contribution in [0.1, 0.15) is 30.1 Å². The van der Waals surface area contributed by atoms with Crippen molar-refractivity contribution in [1.82, 2.24) is 5.32 Å². The van der Waals surface area contributed by atoms with Crippen molar-refractivity contribution in [2.24, 2.45) is 5.92 Å². The molecule has 2 rings (SSSR count). The second-order valence-corrected chi connectivity index (χ2v) is 5.08. The smallest absolute Gasteiger partial charge is 0.252 e. The number of hydrogen-bond acceptors (Lipinski definition) is 1. The van der Waals surface area contributed by atoms with Gasteiger partial charge < -0.3 is 5.32 Å². The molecule has 0 spiro atoms. The fraction of sp³-hybridized carbons (Fsp3) is 0.417. The van der Waals surface area contributed by atoms with Crippen LogP contribution in [0.5, 0.6) is 0 Å². The summed E-state index contributed by atoms with van der Waals surface area (Å²) in [5, 5.41) is 3.03. The molecule has 1 aromatic carbocycles. The number of rotatable bonds is 2. The molecule has 1 N–H and O–H groups in total. The van der Waals surface area contributed by atoms with E-state index in [9.17, 15) is 4.79 Å². The highest BCUT2D eigenvalue weighted by atomic mass is 79.9. The summed E-state index contributed by atoms with van der Waals surface area (Å²) in [5.74, 6) is 0.786. The van der Waals surface area contributed by atoms with Gasteiger partial charge >= 0.3 is 0 Å². The van der Waals surface area contributed by atoms with Crippen molar-refractivity contribution in [1.29, 1.82) is 0 Å². The van der Waals surface area contributed by atoms with Crippen molar-refractivity contribution in [3.8, 4) is 0 Å². The molecular formula is C12H14BrNO. The minimum atomic E-state index is 0.0272. The second-order valence-electron chi connectivity index (χ2n) is 4.23. The average Bonchev–Trinajstić information content (AvgIpc) is 2.16. The summed E-state index contributed by atoms with van der Waals surface area (Å²) >= 11 is 3.38. The van der Waals surface area contributed by atoms with E-state index >= 15 is 0 Å². The first-order valence-corrected chi connectivity index (χ1v) is 6.01. The van der Waals surface area contributed by atoms with E-state index in [-0.39, 0.29) is 5.91 Å². The van der Waals surface area contributed by atoms with Gasteiger partial charge in [-0.3, -0.25) is 4.79 Å². The number of amides is 1. The zero-order valence-corrected chi connectivity index (χ0v) is 10.3. The molecule has 1 amide bonds. The minimum Gasteiger partial charge on any atom is -0.349 e. The first kappa shape index (κ1) is 10.7. The molecule has 0 bridgehead atoms. The van der Waals surface area contributed by atoms with Crippen molar-refractivity contribution in [2.75, 3.05) is 0 Å². The van der Waals surface area contributed by atoms with Crippen molar-refractivity contribution < 1.29 is 4.79 Å². The maximum atomic E-state index is 11.8. The number of hydrogen-bond donors (Lipinski definition) is 1. The van der Waals surface area contributed by atoms with Crippen LogP contribution in [0.4, 0.5) is 0 Å². The summed E-state index contributed by atoms with van der Waals surface area (Å²) < 4.78 is 0.856. The largest absolute Gasteiger partial charge is 0.349 e. The SMILES string of the molecule is CC1CC(NC(=O)c2ccccc2Br)C1. The quantitative estimate of drug-likeness (QED) is 0.877. The topological polar surface area (TPSA) is 29.1 Å². The highest BCUT2D eigenvalue weighted by molar-refractivity contribution is 9.10. The lowest BCUT2D eigenvalue weighted by atomic mass is 9.82. The summed E-state index contributed by atoms with van der Waals surface area (Å²) in [6, 6.07) is 7.88. The molecule has 0 radical (unpaired) electrons. The van der Waals surface area contributed by atoms with Crippen LogP contribution >= 0.6 is 15.9 Å². The highest BCUT2D eigenvalue weighted by Gasteiger charge is 2.27. The van der Waals surface area contributed by atoms with Crippen LogP contribution in [0.25, 0.3) is 0 Å². The van der Waals surface area contributed by atoms with Gasteiger partial charge in [-0.25, -0.2) is 0 Å². The number of carbonyl (C=O) groups excluding carboxylic acids is 1. The third kappa shape index (κ3) is 2.40. The van der Waals surface area contributed by atoms with Crippen molar-refractivity contribution in [3.63, 3.8) is 0 Å². The van der Waals surface area contributed by atoms with Gasteiger partial charge in [-0.05, 0) is 46.8 Å². The predicted molar refractivity (Wildman–Crippen MR) is 63.8 cm³/mol. The first-order chi connectivity index (χ1) is 7.16. The van der Waals surface area contributed by atoms with E-state index in [2.05, 4.69) is 28.2 Å². The van der Waals surface area contributed by atoms with Crippen LogP contribution in [0, 0.1) is 5.92 Å². The number of halogens is 1. The van der Waals surface area contributed by atoms with Crippen LogP contribution in [-0.2, 0) is 0 Å². The summed E-state index contributed by atoms with van der Waals surface area (Å²) in [6.45, 7) is 2.21. The lowest BCUT2D eigenvalue weighted by Gasteiger charge is -2.33. The van der Waals surface area contributed by atoms with Crippen LogP contribution in [-0.4, -0.2) is 11.9 Å². The Hall–Kier alpha value is -0.830. The molecule has 1 fully saturated rings. The van der Waals surface area contributed by atoms with Gasteiger partial charge in [0.15, 0.2) is 0 Å². The molecule has 80 valence electrons. The first-order valence-electron chi connectivity index (χ1n) is 5.22. The summed E-state index contributed by atoms with van der Waals surface area (Å²) in [4.78, 5) is 11.8. The van der Waals surface area contributed by atoms with Crippen LogP contribution in [0.15, 0.2) is 28.7 Å². The Labute approximate surface area is 98.2 Å². The van der Waals surface area contributed by atoms with Gasteiger partial charge in [0.05, 0.1) is 5.56 Å². The van der Waals surface area contributed by atoms with Crippen molar-refractivity contribution in [3.05, 3.63) is 34.3 Å². The molecule has 0 unspecified atom stereocenters. The third-order valence-electron chi connectivity index (χ3n) is 2.83. The van der Waals surface area contributed by atoms with Gasteiger partial charge in [-0.2, -0.15) is 0 Å². The molecule has 0 atom stereocenters. The van der Waals surface area contributed by atoms with E-state index in [1.165, 1.54) is 0 Å². The molecule has 15 heavy (non-hydrogen) atoms. The lowest BCUT2D eigenvalue weighted by Crippen LogP contribution is -2.43. The van der Waals surface area contributed by atoms with Gasteiger partial charge in [0.2, 0.25) is 0 Å². The Morgan fingerprint density at radius 3 is 2.67 bits per heavy atom. The molecule has 1 saturated carbocycles. The molecule has 3 heteroatoms. The number of benzene rings is 1. The normalized spacial score (nSPS) is 24.4. The van der Waals surface area contributed by atoms with E-state index in [1.807, 2.05) is 24.3 Å². The highest BCUT2D eigenvalue weighted by Crippen LogP contribution is 2.27. The van der Waals surface area contributed by atoms with Gasteiger partial charge in [0.25, 0.3) is 5.91 Å². The fourth-order valence-electron chi connectivity index (χ4n) is 1.93. The zero-order chi connectivity index (χ0) is 10.8. The van der Waals surface area contributed by atoms with Crippen LogP contribution < -0.4 is 5.32 Å². The molecule has 1 aliphatic carbocycles. The van der Waals surface area contributed by atoms with E-state index in [0.29, 0.717) is 6.04 Å². The van der Waals surface area contributed by atoms with Crippen molar-refractivity contribution in [2.45, 2.75) is 25.8 Å². The zero-order valence-electron chi connectivity index (χ0n) is 8.66. The number of carbonyl (C=O) groups is 1. The molecule has 0 aromatic heterocycles. The van der Waals surface area contributed by atoms with Crippen LogP contribution in [0.3, 0.4) is 0 Å². The molecule has 1 aromatic rings. The van der Waals surface area contributed by atoms with Gasteiger partial charge in [0.1, 0.15) is 0 Å². The monoisotopic (exact) mass is 267 g/mol. The summed E-state index contributed by atoms with van der Waals surface area (Å²) in [5.41, 5.74) is 0.719. The Kier molecular flexibility index (Phi) is 3.10. The Morgan fingerprint density at radius 2 is 2.07 bits per heavy atom. The Balaban J connectivity index is 1.99. The average molecular weight is 268 g/mol. The molecular weight excluding hydrogens is 254 g/mol. The van der Waals surface area contributed by atoms with Crippen LogP contribution in [0.2, 0.25) is 0 Å². The molecule has 0 aliphatic heterocycles. The van der Waals surface area contributed by atoms with E-state index in [4.69, 9.17) is 0 Å². The van der Waals surface area contributed by atoms with Gasteiger partial charge in [-0.15, -0.1) is 0 Å². The van der Waals surface area contributed by atoms with E-state index < -0.39 is 0 Å². The van der Waals surface area contributed by atoms with E-state index in [1.54, 1.807) is 0 Å². The minimum absolute atomic E-state index is 0.0272.